The van der Waals surface area contributed by atoms with Gasteiger partial charge < -0.3 is 9.32 Å². The predicted molar refractivity (Wildman–Crippen MR) is 110 cm³/mol. The minimum atomic E-state index is -4.30. The van der Waals surface area contributed by atoms with Gasteiger partial charge in [-0.05, 0) is 55.8 Å². The third kappa shape index (κ3) is 4.53. The van der Waals surface area contributed by atoms with E-state index in [1.807, 2.05) is 18.2 Å². The Bertz CT molecular complexity index is 1030. The van der Waals surface area contributed by atoms with E-state index in [4.69, 9.17) is 4.42 Å². The SMILES string of the molecule is O=c1oc2ccccc2n1CCCCN1CCN(c2ccc(C(F)(F)F)cc2)CC1. The second-order valence-electron chi connectivity index (χ2n) is 7.57. The molecule has 0 amide bonds. The smallest absolute Gasteiger partial charge is 0.408 e. The van der Waals surface area contributed by atoms with Crippen LogP contribution in [-0.4, -0.2) is 42.2 Å². The highest BCUT2D eigenvalue weighted by atomic mass is 19.4. The summed E-state index contributed by atoms with van der Waals surface area (Å²) in [5.74, 6) is -0.318. The van der Waals surface area contributed by atoms with E-state index in [-0.39, 0.29) is 5.76 Å². The van der Waals surface area contributed by atoms with E-state index in [1.165, 1.54) is 0 Å². The molecular formula is C22H24F3N3O2. The number of halogens is 3. The normalized spacial score (nSPS) is 15.8. The number of para-hydroxylation sites is 2. The highest BCUT2D eigenvalue weighted by Gasteiger charge is 2.30. The number of alkyl halides is 3. The third-order valence-electron chi connectivity index (χ3n) is 5.61. The predicted octanol–water partition coefficient (Wildman–Crippen LogP) is 4.22. The van der Waals surface area contributed by atoms with E-state index in [0.717, 1.165) is 68.9 Å². The summed E-state index contributed by atoms with van der Waals surface area (Å²) in [4.78, 5) is 16.5. The van der Waals surface area contributed by atoms with Gasteiger partial charge in [0, 0.05) is 38.4 Å². The molecule has 2 aromatic carbocycles. The summed E-state index contributed by atoms with van der Waals surface area (Å²) in [5, 5.41) is 0. The zero-order valence-corrected chi connectivity index (χ0v) is 16.6. The molecule has 4 rings (SSSR count). The van der Waals surface area contributed by atoms with Crippen LogP contribution in [0, 0.1) is 0 Å². The monoisotopic (exact) mass is 419 g/mol. The molecule has 1 aliphatic rings. The van der Waals surface area contributed by atoms with Gasteiger partial charge in [0.2, 0.25) is 0 Å². The molecule has 1 saturated heterocycles. The maximum Gasteiger partial charge on any atom is 0.419 e. The van der Waals surface area contributed by atoms with Gasteiger partial charge in [0.05, 0.1) is 11.1 Å². The average molecular weight is 419 g/mol. The van der Waals surface area contributed by atoms with Crippen molar-refractivity contribution >= 4 is 16.8 Å². The Morgan fingerprint density at radius 1 is 0.867 bits per heavy atom. The van der Waals surface area contributed by atoms with Crippen LogP contribution in [-0.2, 0) is 12.7 Å². The van der Waals surface area contributed by atoms with Crippen LogP contribution in [0.3, 0.4) is 0 Å². The molecule has 3 aromatic rings. The highest BCUT2D eigenvalue weighted by molar-refractivity contribution is 5.72. The van der Waals surface area contributed by atoms with Gasteiger partial charge in [-0.2, -0.15) is 13.2 Å². The molecule has 2 heterocycles. The van der Waals surface area contributed by atoms with Crippen molar-refractivity contribution in [2.24, 2.45) is 0 Å². The Balaban J connectivity index is 1.22. The molecule has 0 atom stereocenters. The first kappa shape index (κ1) is 20.5. The lowest BCUT2D eigenvalue weighted by atomic mass is 10.1. The summed E-state index contributed by atoms with van der Waals surface area (Å²) in [6, 6.07) is 12.8. The van der Waals surface area contributed by atoms with E-state index >= 15 is 0 Å². The van der Waals surface area contributed by atoms with Crippen molar-refractivity contribution in [2.75, 3.05) is 37.6 Å². The minimum Gasteiger partial charge on any atom is -0.408 e. The maximum atomic E-state index is 12.7. The van der Waals surface area contributed by atoms with Gasteiger partial charge in [0.15, 0.2) is 5.58 Å². The molecule has 0 bridgehead atoms. The topological polar surface area (TPSA) is 41.6 Å². The number of nitrogens with zero attached hydrogens (tertiary/aromatic N) is 3. The second kappa shape index (κ2) is 8.55. The zero-order valence-electron chi connectivity index (χ0n) is 16.6. The first-order chi connectivity index (χ1) is 14.4. The van der Waals surface area contributed by atoms with Crippen LogP contribution in [0.5, 0.6) is 0 Å². The van der Waals surface area contributed by atoms with Gasteiger partial charge >= 0.3 is 11.9 Å². The van der Waals surface area contributed by atoms with Crippen LogP contribution < -0.4 is 10.7 Å². The summed E-state index contributed by atoms with van der Waals surface area (Å²) in [6.07, 6.45) is -2.46. The molecule has 0 N–H and O–H groups in total. The summed E-state index contributed by atoms with van der Waals surface area (Å²) in [6.45, 7) is 4.88. The van der Waals surface area contributed by atoms with Gasteiger partial charge in [0.25, 0.3) is 0 Å². The summed E-state index contributed by atoms with van der Waals surface area (Å²) in [7, 11) is 0. The molecular weight excluding hydrogens is 395 g/mol. The number of fused-ring (bicyclic) bond motifs is 1. The lowest BCUT2D eigenvalue weighted by Gasteiger charge is -2.36. The van der Waals surface area contributed by atoms with Crippen LogP contribution in [0.1, 0.15) is 18.4 Å². The zero-order chi connectivity index (χ0) is 21.1. The molecule has 1 fully saturated rings. The number of unbranched alkanes of at least 4 members (excludes halogenated alkanes) is 1. The largest absolute Gasteiger partial charge is 0.419 e. The molecule has 1 aliphatic heterocycles. The standard InChI is InChI=1S/C22H24F3N3O2/c23-22(24,25)17-7-9-18(10-8-17)27-15-13-26(14-16-27)11-3-4-12-28-19-5-1-2-6-20(19)30-21(28)29/h1-2,5-10H,3-4,11-16H2. The Labute approximate surface area is 172 Å². The number of anilines is 1. The summed E-state index contributed by atoms with van der Waals surface area (Å²) < 4.78 is 45.0. The number of hydrogen-bond donors (Lipinski definition) is 0. The minimum absolute atomic E-state index is 0.318. The van der Waals surface area contributed by atoms with Crippen LogP contribution in [0.15, 0.2) is 57.7 Å². The second-order valence-corrected chi connectivity index (χ2v) is 7.57. The van der Waals surface area contributed by atoms with Crippen molar-refractivity contribution in [3.05, 3.63) is 64.6 Å². The van der Waals surface area contributed by atoms with E-state index in [9.17, 15) is 18.0 Å². The van der Waals surface area contributed by atoms with Crippen LogP contribution in [0.2, 0.25) is 0 Å². The van der Waals surface area contributed by atoms with E-state index in [0.29, 0.717) is 12.1 Å². The van der Waals surface area contributed by atoms with Gasteiger partial charge in [-0.15, -0.1) is 0 Å². The highest BCUT2D eigenvalue weighted by Crippen LogP contribution is 2.30. The quantitative estimate of drug-likeness (QED) is 0.561. The summed E-state index contributed by atoms with van der Waals surface area (Å²) >= 11 is 0. The van der Waals surface area contributed by atoms with Gasteiger partial charge in [0.1, 0.15) is 0 Å². The van der Waals surface area contributed by atoms with Gasteiger partial charge in [-0.1, -0.05) is 12.1 Å². The Morgan fingerprint density at radius 3 is 2.23 bits per heavy atom. The van der Waals surface area contributed by atoms with Crippen molar-refractivity contribution in [3.63, 3.8) is 0 Å². The van der Waals surface area contributed by atoms with Crippen LogP contribution in [0.25, 0.3) is 11.1 Å². The van der Waals surface area contributed by atoms with E-state index in [2.05, 4.69) is 9.80 Å². The Morgan fingerprint density at radius 2 is 1.53 bits per heavy atom. The molecule has 0 saturated carbocycles. The number of oxazole rings is 1. The molecule has 0 unspecified atom stereocenters. The number of aromatic nitrogens is 1. The maximum absolute atomic E-state index is 12.7. The number of benzene rings is 2. The number of aryl methyl sites for hydroxylation is 1. The third-order valence-corrected chi connectivity index (χ3v) is 5.61. The lowest BCUT2D eigenvalue weighted by Crippen LogP contribution is -2.46. The van der Waals surface area contributed by atoms with Crippen LogP contribution >= 0.6 is 0 Å². The fourth-order valence-electron chi connectivity index (χ4n) is 3.92. The van der Waals surface area contributed by atoms with Crippen molar-refractivity contribution in [2.45, 2.75) is 25.6 Å². The lowest BCUT2D eigenvalue weighted by molar-refractivity contribution is -0.137. The first-order valence-electron chi connectivity index (χ1n) is 10.1. The molecule has 160 valence electrons. The molecule has 0 spiro atoms. The Kier molecular flexibility index (Phi) is 5.85. The van der Waals surface area contributed by atoms with Crippen molar-refractivity contribution in [3.8, 4) is 0 Å². The van der Waals surface area contributed by atoms with Crippen molar-refractivity contribution in [1.29, 1.82) is 0 Å². The number of piperazine rings is 1. The number of hydrogen-bond acceptors (Lipinski definition) is 4. The molecule has 0 aliphatic carbocycles. The van der Waals surface area contributed by atoms with Gasteiger partial charge in [-0.25, -0.2) is 4.79 Å². The fraction of sp³-hybridized carbons (Fsp3) is 0.409. The fourth-order valence-corrected chi connectivity index (χ4v) is 3.92. The number of rotatable bonds is 6. The van der Waals surface area contributed by atoms with Crippen molar-refractivity contribution in [1.82, 2.24) is 9.47 Å². The molecule has 0 radical (unpaired) electrons. The summed E-state index contributed by atoms with van der Waals surface area (Å²) in [5.41, 5.74) is 1.65. The molecule has 8 heteroatoms. The average Bonchev–Trinajstić information content (AvgIpc) is 3.06. The van der Waals surface area contributed by atoms with Crippen molar-refractivity contribution < 1.29 is 17.6 Å². The van der Waals surface area contributed by atoms with E-state index in [1.54, 1.807) is 22.8 Å². The molecule has 30 heavy (non-hydrogen) atoms. The first-order valence-corrected chi connectivity index (χ1v) is 10.1. The molecule has 5 nitrogen and oxygen atoms in total. The Hall–Kier alpha value is -2.74. The van der Waals surface area contributed by atoms with Crippen LogP contribution in [0.4, 0.5) is 18.9 Å². The van der Waals surface area contributed by atoms with E-state index < -0.39 is 11.7 Å². The van der Waals surface area contributed by atoms with Gasteiger partial charge in [-0.3, -0.25) is 9.47 Å². The molecule has 1 aromatic heterocycles.